The van der Waals surface area contributed by atoms with Crippen molar-refractivity contribution in [3.63, 3.8) is 0 Å². The predicted molar refractivity (Wildman–Crippen MR) is 70.3 cm³/mol. The van der Waals surface area contributed by atoms with E-state index in [1.807, 2.05) is 38.1 Å². The van der Waals surface area contributed by atoms with E-state index in [0.717, 1.165) is 11.1 Å². The molecule has 1 aromatic rings. The Morgan fingerprint density at radius 2 is 2.06 bits per heavy atom. The second-order valence-corrected chi connectivity index (χ2v) is 4.57. The van der Waals surface area contributed by atoms with Gasteiger partial charge in [0, 0.05) is 19.5 Å². The highest BCUT2D eigenvalue weighted by Gasteiger charge is 2.32. The number of nitrogens with one attached hydrogen (secondary N) is 1. The van der Waals surface area contributed by atoms with E-state index in [1.54, 1.807) is 4.90 Å². The standard InChI is InChI=1S/C14H20N2O2/c1-3-16(4-2)14(18)15-13-11-8-6-5-7-10(11)9-12(13)17/h5-8,12-13,17H,3-4,9H2,1-2H3,(H,15,18)/t12-,13+/m1/s1. The number of carbonyl (C=O) groups is 1. The molecule has 1 aliphatic carbocycles. The first-order valence-corrected chi connectivity index (χ1v) is 6.48. The summed E-state index contributed by atoms with van der Waals surface area (Å²) < 4.78 is 0. The Labute approximate surface area is 108 Å². The van der Waals surface area contributed by atoms with Gasteiger partial charge < -0.3 is 15.3 Å². The third kappa shape index (κ3) is 2.34. The summed E-state index contributed by atoms with van der Waals surface area (Å²) in [6.07, 6.45) is 0.0845. The molecule has 0 bridgehead atoms. The average Bonchev–Trinajstić information content (AvgIpc) is 2.68. The molecule has 0 heterocycles. The molecule has 2 N–H and O–H groups in total. The van der Waals surface area contributed by atoms with Crippen molar-refractivity contribution in [3.8, 4) is 0 Å². The highest BCUT2D eigenvalue weighted by atomic mass is 16.3. The first kappa shape index (κ1) is 12.9. The number of amides is 2. The van der Waals surface area contributed by atoms with Gasteiger partial charge in [-0.05, 0) is 25.0 Å². The van der Waals surface area contributed by atoms with Gasteiger partial charge in [0.1, 0.15) is 0 Å². The Bertz CT molecular complexity index is 430. The van der Waals surface area contributed by atoms with Crippen LogP contribution in [0.1, 0.15) is 31.0 Å². The zero-order valence-electron chi connectivity index (χ0n) is 10.9. The van der Waals surface area contributed by atoms with Crippen LogP contribution in [-0.2, 0) is 6.42 Å². The molecule has 0 spiro atoms. The van der Waals surface area contributed by atoms with Gasteiger partial charge in [0.25, 0.3) is 0 Å². The number of urea groups is 1. The van der Waals surface area contributed by atoms with Crippen molar-refractivity contribution in [2.24, 2.45) is 0 Å². The van der Waals surface area contributed by atoms with Crippen LogP contribution in [0.4, 0.5) is 4.79 Å². The second-order valence-electron chi connectivity index (χ2n) is 4.57. The summed E-state index contributed by atoms with van der Waals surface area (Å²) in [7, 11) is 0. The molecule has 4 nitrogen and oxygen atoms in total. The van der Waals surface area contributed by atoms with Gasteiger partial charge in [0.05, 0.1) is 12.1 Å². The van der Waals surface area contributed by atoms with E-state index in [0.29, 0.717) is 19.5 Å². The molecule has 0 unspecified atom stereocenters. The fourth-order valence-electron chi connectivity index (χ4n) is 2.48. The summed E-state index contributed by atoms with van der Waals surface area (Å²) in [5.41, 5.74) is 2.15. The van der Waals surface area contributed by atoms with Crippen LogP contribution >= 0.6 is 0 Å². The maximum absolute atomic E-state index is 12.0. The Morgan fingerprint density at radius 3 is 2.72 bits per heavy atom. The van der Waals surface area contributed by atoms with Crippen molar-refractivity contribution in [3.05, 3.63) is 35.4 Å². The van der Waals surface area contributed by atoms with Crippen molar-refractivity contribution < 1.29 is 9.90 Å². The lowest BCUT2D eigenvalue weighted by atomic mass is 10.1. The van der Waals surface area contributed by atoms with Gasteiger partial charge >= 0.3 is 6.03 Å². The molecule has 1 aromatic carbocycles. The minimum atomic E-state index is -0.526. The van der Waals surface area contributed by atoms with Crippen molar-refractivity contribution >= 4 is 6.03 Å². The minimum absolute atomic E-state index is 0.110. The van der Waals surface area contributed by atoms with Crippen LogP contribution in [0.25, 0.3) is 0 Å². The normalized spacial score (nSPS) is 21.5. The number of nitrogens with zero attached hydrogens (tertiary/aromatic N) is 1. The first-order valence-electron chi connectivity index (χ1n) is 6.48. The van der Waals surface area contributed by atoms with Crippen molar-refractivity contribution in [1.29, 1.82) is 0 Å². The van der Waals surface area contributed by atoms with Crippen LogP contribution in [0.3, 0.4) is 0 Å². The molecule has 1 aliphatic rings. The van der Waals surface area contributed by atoms with Crippen LogP contribution in [0.2, 0.25) is 0 Å². The van der Waals surface area contributed by atoms with Crippen molar-refractivity contribution in [2.75, 3.05) is 13.1 Å². The van der Waals surface area contributed by atoms with Gasteiger partial charge in [0.2, 0.25) is 0 Å². The molecule has 2 atom stereocenters. The lowest BCUT2D eigenvalue weighted by Gasteiger charge is -2.24. The first-order chi connectivity index (χ1) is 8.67. The van der Waals surface area contributed by atoms with E-state index in [9.17, 15) is 9.90 Å². The molecule has 0 saturated carbocycles. The summed E-state index contributed by atoms with van der Waals surface area (Å²) in [6, 6.07) is 7.48. The maximum atomic E-state index is 12.0. The van der Waals surface area contributed by atoms with E-state index < -0.39 is 6.10 Å². The number of rotatable bonds is 3. The lowest BCUT2D eigenvalue weighted by molar-refractivity contribution is 0.135. The van der Waals surface area contributed by atoms with Gasteiger partial charge in [-0.1, -0.05) is 24.3 Å². The highest BCUT2D eigenvalue weighted by molar-refractivity contribution is 5.75. The third-order valence-corrected chi connectivity index (χ3v) is 3.53. The molecule has 0 radical (unpaired) electrons. The number of benzene rings is 1. The largest absolute Gasteiger partial charge is 0.390 e. The van der Waals surface area contributed by atoms with Gasteiger partial charge in [-0.3, -0.25) is 0 Å². The van der Waals surface area contributed by atoms with Gasteiger partial charge in [-0.25, -0.2) is 4.79 Å². The Balaban J connectivity index is 2.12. The molecule has 4 heteroatoms. The minimum Gasteiger partial charge on any atom is -0.390 e. The molecular formula is C14H20N2O2. The molecule has 0 saturated heterocycles. The molecule has 18 heavy (non-hydrogen) atoms. The van der Waals surface area contributed by atoms with Crippen LogP contribution in [0.15, 0.2) is 24.3 Å². The maximum Gasteiger partial charge on any atom is 0.317 e. The predicted octanol–water partition coefficient (Wildman–Crippen LogP) is 1.70. The van der Waals surface area contributed by atoms with Gasteiger partial charge in [0.15, 0.2) is 0 Å². The van der Waals surface area contributed by atoms with E-state index in [-0.39, 0.29) is 12.1 Å². The van der Waals surface area contributed by atoms with E-state index >= 15 is 0 Å². The summed E-state index contributed by atoms with van der Waals surface area (Å²) in [6.45, 7) is 5.24. The Hall–Kier alpha value is -1.55. The molecule has 0 aromatic heterocycles. The van der Waals surface area contributed by atoms with E-state index in [1.165, 1.54) is 0 Å². The topological polar surface area (TPSA) is 52.6 Å². The zero-order valence-corrected chi connectivity index (χ0v) is 10.9. The smallest absolute Gasteiger partial charge is 0.317 e. The van der Waals surface area contributed by atoms with Crippen LogP contribution in [0, 0.1) is 0 Å². The molecular weight excluding hydrogens is 228 g/mol. The van der Waals surface area contributed by atoms with Crippen LogP contribution in [-0.4, -0.2) is 35.2 Å². The van der Waals surface area contributed by atoms with Crippen molar-refractivity contribution in [1.82, 2.24) is 10.2 Å². The monoisotopic (exact) mass is 248 g/mol. The molecule has 0 aliphatic heterocycles. The average molecular weight is 248 g/mol. The van der Waals surface area contributed by atoms with Gasteiger partial charge in [-0.15, -0.1) is 0 Å². The number of carbonyl (C=O) groups excluding carboxylic acids is 1. The Morgan fingerprint density at radius 1 is 1.39 bits per heavy atom. The zero-order chi connectivity index (χ0) is 13.1. The fourth-order valence-corrected chi connectivity index (χ4v) is 2.48. The lowest BCUT2D eigenvalue weighted by Crippen LogP contribution is -2.43. The van der Waals surface area contributed by atoms with Crippen LogP contribution < -0.4 is 5.32 Å². The molecule has 0 fully saturated rings. The highest BCUT2D eigenvalue weighted by Crippen LogP contribution is 2.31. The van der Waals surface area contributed by atoms with Crippen molar-refractivity contribution in [2.45, 2.75) is 32.4 Å². The second kappa shape index (κ2) is 5.40. The summed E-state index contributed by atoms with van der Waals surface area (Å²) in [4.78, 5) is 13.7. The quantitative estimate of drug-likeness (QED) is 0.855. The summed E-state index contributed by atoms with van der Waals surface area (Å²) in [5.74, 6) is 0. The molecule has 2 amide bonds. The van der Waals surface area contributed by atoms with Crippen LogP contribution in [0.5, 0.6) is 0 Å². The van der Waals surface area contributed by atoms with E-state index in [2.05, 4.69) is 5.32 Å². The number of aliphatic hydroxyl groups excluding tert-OH is 1. The number of aliphatic hydroxyl groups is 1. The molecule has 2 rings (SSSR count). The number of fused-ring (bicyclic) bond motifs is 1. The summed E-state index contributed by atoms with van der Waals surface area (Å²) in [5, 5.41) is 13.0. The van der Waals surface area contributed by atoms with E-state index in [4.69, 9.17) is 0 Å². The Kier molecular flexibility index (Phi) is 3.87. The van der Waals surface area contributed by atoms with Gasteiger partial charge in [-0.2, -0.15) is 0 Å². The SMILES string of the molecule is CCN(CC)C(=O)N[C@H]1c2ccccc2C[C@H]1O. The number of hydrogen-bond acceptors (Lipinski definition) is 2. The third-order valence-electron chi connectivity index (χ3n) is 3.53. The number of hydrogen-bond donors (Lipinski definition) is 2. The molecule has 98 valence electrons. The summed E-state index contributed by atoms with van der Waals surface area (Å²) >= 11 is 0. The fraction of sp³-hybridized carbons (Fsp3) is 0.500.